The third-order valence-corrected chi connectivity index (χ3v) is 6.39. The van der Waals surface area contributed by atoms with Crippen LogP contribution in [0.1, 0.15) is 38.9 Å². The van der Waals surface area contributed by atoms with Gasteiger partial charge in [0.05, 0.1) is 12.8 Å². The number of ether oxygens (including phenoxy) is 1. The Kier molecular flexibility index (Phi) is 7.17. The van der Waals surface area contributed by atoms with Crippen LogP contribution >= 0.6 is 0 Å². The Morgan fingerprint density at radius 1 is 1.00 bits per heavy atom. The number of benzene rings is 2. The highest BCUT2D eigenvalue weighted by molar-refractivity contribution is 6.02. The number of aromatic nitrogens is 1. The average molecular weight is 511 g/mol. The third kappa shape index (κ3) is 5.41. The summed E-state index contributed by atoms with van der Waals surface area (Å²) in [4.78, 5) is 44.4. The van der Waals surface area contributed by atoms with E-state index in [0.717, 1.165) is 16.7 Å². The van der Waals surface area contributed by atoms with Gasteiger partial charge in [0.1, 0.15) is 0 Å². The number of anilines is 1. The molecule has 3 heterocycles. The van der Waals surface area contributed by atoms with Gasteiger partial charge in [0.15, 0.2) is 17.9 Å². The zero-order chi connectivity index (χ0) is 26.5. The molecule has 9 heteroatoms. The topological polar surface area (TPSA) is 114 Å². The number of nitrogens with zero attached hydrogens (tertiary/aromatic N) is 2. The molecule has 38 heavy (non-hydrogen) atoms. The van der Waals surface area contributed by atoms with Crippen molar-refractivity contribution in [2.24, 2.45) is 0 Å². The molecule has 0 spiro atoms. The van der Waals surface area contributed by atoms with Gasteiger partial charge in [-0.05, 0) is 59.5 Å². The number of cyclic esters (lactones) is 1. The van der Waals surface area contributed by atoms with Gasteiger partial charge in [-0.1, -0.05) is 42.5 Å². The predicted molar refractivity (Wildman–Crippen MR) is 139 cm³/mol. The summed E-state index contributed by atoms with van der Waals surface area (Å²) < 4.78 is 10.9. The van der Waals surface area contributed by atoms with Crippen molar-refractivity contribution in [3.8, 4) is 0 Å². The number of hydrogen-bond acceptors (Lipinski definition) is 6. The fourth-order valence-electron chi connectivity index (χ4n) is 4.33. The van der Waals surface area contributed by atoms with Gasteiger partial charge in [-0.25, -0.2) is 4.79 Å². The summed E-state index contributed by atoms with van der Waals surface area (Å²) in [5.41, 5.74) is 3.93. The van der Waals surface area contributed by atoms with E-state index >= 15 is 0 Å². The van der Waals surface area contributed by atoms with Crippen LogP contribution in [0.3, 0.4) is 0 Å². The van der Waals surface area contributed by atoms with E-state index in [4.69, 9.17) is 9.15 Å². The smallest absolute Gasteiger partial charge is 0.411 e. The molecule has 1 aliphatic heterocycles. The first kappa shape index (κ1) is 24.8. The van der Waals surface area contributed by atoms with Gasteiger partial charge in [-0.2, -0.15) is 0 Å². The Morgan fingerprint density at radius 2 is 1.82 bits per heavy atom. The Labute approximate surface area is 219 Å². The summed E-state index contributed by atoms with van der Waals surface area (Å²) in [6.45, 7) is 2.45. The van der Waals surface area contributed by atoms with E-state index in [9.17, 15) is 14.4 Å². The quantitative estimate of drug-likeness (QED) is 0.358. The van der Waals surface area contributed by atoms with E-state index in [-0.39, 0.29) is 30.7 Å². The number of rotatable bonds is 8. The maximum Gasteiger partial charge on any atom is 0.411 e. The second-order valence-corrected chi connectivity index (χ2v) is 8.94. The van der Waals surface area contributed by atoms with Gasteiger partial charge < -0.3 is 19.8 Å². The largest absolute Gasteiger partial charge is 0.459 e. The minimum absolute atomic E-state index is 0.191. The highest BCUT2D eigenvalue weighted by atomic mass is 16.6. The van der Waals surface area contributed by atoms with Crippen LogP contribution in [0, 0.1) is 6.92 Å². The van der Waals surface area contributed by atoms with Gasteiger partial charge >= 0.3 is 6.09 Å². The Hall–Kier alpha value is -4.92. The standard InChI is InChI=1S/C29H26N4O5/c1-19-6-2-3-8-22(19)18-33-25(28(35)31-17-20-7-4-14-30-16-20)26(38-29(33)36)21-10-12-23(13-11-21)32-27(34)24-9-5-15-37-24/h2-16,25-26H,17-18H2,1H3,(H,31,35)(H,32,34). The third-order valence-electron chi connectivity index (χ3n) is 6.39. The second kappa shape index (κ2) is 11.0. The van der Waals surface area contributed by atoms with E-state index in [2.05, 4.69) is 15.6 Å². The zero-order valence-electron chi connectivity index (χ0n) is 20.7. The van der Waals surface area contributed by atoms with Crippen LogP contribution in [0.25, 0.3) is 0 Å². The zero-order valence-corrected chi connectivity index (χ0v) is 20.7. The maximum atomic E-state index is 13.5. The number of pyridine rings is 1. The van der Waals surface area contributed by atoms with E-state index in [0.29, 0.717) is 11.3 Å². The average Bonchev–Trinajstić information content (AvgIpc) is 3.59. The van der Waals surface area contributed by atoms with E-state index in [1.807, 2.05) is 37.3 Å². The van der Waals surface area contributed by atoms with Crippen LogP contribution in [0.5, 0.6) is 0 Å². The normalized spacial score (nSPS) is 16.7. The van der Waals surface area contributed by atoms with Crippen molar-refractivity contribution < 1.29 is 23.5 Å². The minimum Gasteiger partial charge on any atom is -0.459 e. The molecule has 1 saturated heterocycles. The molecule has 9 nitrogen and oxygen atoms in total. The molecule has 5 rings (SSSR count). The summed E-state index contributed by atoms with van der Waals surface area (Å²) in [6, 6.07) is 20.5. The molecule has 192 valence electrons. The van der Waals surface area contributed by atoms with Crippen molar-refractivity contribution in [3.63, 3.8) is 0 Å². The maximum absolute atomic E-state index is 13.5. The molecule has 2 unspecified atom stereocenters. The summed E-state index contributed by atoms with van der Waals surface area (Å²) in [6.07, 6.45) is 3.35. The van der Waals surface area contributed by atoms with Crippen LogP contribution in [0.15, 0.2) is 95.9 Å². The highest BCUT2D eigenvalue weighted by Crippen LogP contribution is 2.35. The first-order valence-corrected chi connectivity index (χ1v) is 12.1. The molecule has 1 aliphatic rings. The molecular formula is C29H26N4O5. The predicted octanol–water partition coefficient (Wildman–Crippen LogP) is 4.61. The van der Waals surface area contributed by atoms with Crippen LogP contribution < -0.4 is 10.6 Å². The van der Waals surface area contributed by atoms with Gasteiger partial charge in [0, 0.05) is 24.6 Å². The lowest BCUT2D eigenvalue weighted by molar-refractivity contribution is -0.126. The van der Waals surface area contributed by atoms with Crippen molar-refractivity contribution in [2.75, 3.05) is 5.32 Å². The number of amides is 3. The number of carbonyl (C=O) groups is 3. The van der Waals surface area contributed by atoms with Crippen molar-refractivity contribution in [1.29, 1.82) is 0 Å². The highest BCUT2D eigenvalue weighted by Gasteiger charge is 2.47. The minimum atomic E-state index is -0.901. The van der Waals surface area contributed by atoms with E-state index in [1.54, 1.807) is 54.9 Å². The first-order valence-electron chi connectivity index (χ1n) is 12.1. The molecule has 2 aromatic carbocycles. The molecule has 0 bridgehead atoms. The number of furan rings is 1. The molecule has 1 fully saturated rings. The number of hydrogen-bond donors (Lipinski definition) is 2. The monoisotopic (exact) mass is 510 g/mol. The fraction of sp³-hybridized carbons (Fsp3) is 0.172. The fourth-order valence-corrected chi connectivity index (χ4v) is 4.33. The van der Waals surface area contributed by atoms with Gasteiger partial charge in [-0.3, -0.25) is 19.5 Å². The molecule has 4 aromatic rings. The number of aryl methyl sites for hydroxylation is 1. The lowest BCUT2D eigenvalue weighted by Crippen LogP contribution is -2.46. The molecule has 0 saturated carbocycles. The lowest BCUT2D eigenvalue weighted by atomic mass is 9.99. The van der Waals surface area contributed by atoms with Gasteiger partial charge in [0.2, 0.25) is 5.91 Å². The summed E-state index contributed by atoms with van der Waals surface area (Å²) in [5, 5.41) is 5.68. The van der Waals surface area contributed by atoms with Gasteiger partial charge in [-0.15, -0.1) is 0 Å². The Morgan fingerprint density at radius 3 is 2.53 bits per heavy atom. The molecule has 2 atom stereocenters. The van der Waals surface area contributed by atoms with Crippen LogP contribution in [0.2, 0.25) is 0 Å². The summed E-state index contributed by atoms with van der Waals surface area (Å²) in [7, 11) is 0. The van der Waals surface area contributed by atoms with E-state index < -0.39 is 18.2 Å². The van der Waals surface area contributed by atoms with Crippen molar-refractivity contribution in [1.82, 2.24) is 15.2 Å². The molecule has 3 amide bonds. The Balaban J connectivity index is 1.38. The van der Waals surface area contributed by atoms with Crippen LogP contribution in [-0.4, -0.2) is 33.8 Å². The SMILES string of the molecule is Cc1ccccc1CN1C(=O)OC(c2ccc(NC(=O)c3ccco3)cc2)C1C(=O)NCc1cccnc1. The summed E-state index contributed by atoms with van der Waals surface area (Å²) in [5.74, 6) is -0.531. The van der Waals surface area contributed by atoms with Crippen molar-refractivity contribution in [2.45, 2.75) is 32.2 Å². The molecule has 0 aliphatic carbocycles. The molecular weight excluding hydrogens is 484 g/mol. The number of carbonyl (C=O) groups excluding carboxylic acids is 3. The van der Waals surface area contributed by atoms with Gasteiger partial charge in [0.25, 0.3) is 5.91 Å². The van der Waals surface area contributed by atoms with Crippen molar-refractivity contribution in [3.05, 3.63) is 119 Å². The number of nitrogens with one attached hydrogen (secondary N) is 2. The first-order chi connectivity index (χ1) is 18.5. The molecule has 2 N–H and O–H groups in total. The van der Waals surface area contributed by atoms with E-state index in [1.165, 1.54) is 11.2 Å². The van der Waals surface area contributed by atoms with Crippen molar-refractivity contribution >= 4 is 23.6 Å². The summed E-state index contributed by atoms with van der Waals surface area (Å²) >= 11 is 0. The lowest BCUT2D eigenvalue weighted by Gasteiger charge is -2.25. The van der Waals surface area contributed by atoms with Crippen LogP contribution in [0.4, 0.5) is 10.5 Å². The second-order valence-electron chi connectivity index (χ2n) is 8.94. The Bertz CT molecular complexity index is 1420. The molecule has 0 radical (unpaired) electrons. The molecule has 2 aromatic heterocycles. The van der Waals surface area contributed by atoms with Crippen LogP contribution in [-0.2, 0) is 22.6 Å².